The molecule has 0 saturated heterocycles. The summed E-state index contributed by atoms with van der Waals surface area (Å²) in [4.78, 5) is 21.1. The van der Waals surface area contributed by atoms with E-state index in [-0.39, 0.29) is 11.6 Å². The summed E-state index contributed by atoms with van der Waals surface area (Å²) in [7, 11) is 0. The van der Waals surface area contributed by atoms with Crippen LogP contribution in [-0.2, 0) is 4.79 Å². The van der Waals surface area contributed by atoms with Gasteiger partial charge in [0.1, 0.15) is 0 Å². The Morgan fingerprint density at radius 1 is 1.33 bits per heavy atom. The van der Waals surface area contributed by atoms with Gasteiger partial charge in [0.15, 0.2) is 0 Å². The van der Waals surface area contributed by atoms with Crippen LogP contribution in [0.3, 0.4) is 0 Å². The number of carbonyl (C=O) groups excluding carboxylic acids is 1. The molecular weight excluding hydrogens is 234 g/mol. The van der Waals surface area contributed by atoms with Crippen molar-refractivity contribution >= 4 is 17.3 Å². The zero-order valence-electron chi connectivity index (χ0n) is 10.1. The Hall–Kier alpha value is -2.37. The molecule has 2 N–H and O–H groups in total. The van der Waals surface area contributed by atoms with E-state index in [0.717, 1.165) is 5.69 Å². The summed E-state index contributed by atoms with van der Waals surface area (Å²) < 4.78 is 0. The highest BCUT2D eigenvalue weighted by molar-refractivity contribution is 5.87. The maximum atomic E-state index is 11.1. The highest BCUT2D eigenvalue weighted by atomic mass is 16.6. The van der Waals surface area contributed by atoms with Gasteiger partial charge in [0.05, 0.1) is 4.92 Å². The average molecular weight is 249 g/mol. The van der Waals surface area contributed by atoms with Crippen LogP contribution in [0.15, 0.2) is 36.4 Å². The number of nitro groups is 1. The topological polar surface area (TPSA) is 84.3 Å². The van der Waals surface area contributed by atoms with Crippen molar-refractivity contribution in [2.75, 3.05) is 18.4 Å². The fourth-order valence-corrected chi connectivity index (χ4v) is 1.30. The molecule has 1 aromatic carbocycles. The quantitative estimate of drug-likeness (QED) is 0.348. The number of nitrogens with zero attached hydrogens (tertiary/aromatic N) is 1. The molecule has 0 atom stereocenters. The lowest BCUT2D eigenvalue weighted by molar-refractivity contribution is -0.384. The second-order valence-electron chi connectivity index (χ2n) is 3.52. The van der Waals surface area contributed by atoms with Crippen molar-refractivity contribution in [3.8, 4) is 0 Å². The van der Waals surface area contributed by atoms with Crippen LogP contribution in [0.4, 0.5) is 11.4 Å². The lowest BCUT2D eigenvalue weighted by Gasteiger charge is -2.06. The average Bonchev–Trinajstić information content (AvgIpc) is 2.35. The van der Waals surface area contributed by atoms with Crippen LogP contribution >= 0.6 is 0 Å². The SMILES string of the molecule is C/C=C/C(=O)NCCNc1ccc([N+](=O)[O-])cc1. The summed E-state index contributed by atoms with van der Waals surface area (Å²) in [6, 6.07) is 6.12. The molecular formula is C12H15N3O3. The molecule has 0 aliphatic heterocycles. The lowest BCUT2D eigenvalue weighted by atomic mass is 10.3. The molecule has 0 bridgehead atoms. The maximum absolute atomic E-state index is 11.1. The molecule has 6 heteroatoms. The Bertz CT molecular complexity index is 440. The van der Waals surface area contributed by atoms with Crippen molar-refractivity contribution in [3.63, 3.8) is 0 Å². The summed E-state index contributed by atoms with van der Waals surface area (Å²) in [5.41, 5.74) is 0.836. The fraction of sp³-hybridized carbons (Fsp3) is 0.250. The van der Waals surface area contributed by atoms with Crippen molar-refractivity contribution < 1.29 is 9.72 Å². The largest absolute Gasteiger partial charge is 0.383 e. The fourth-order valence-electron chi connectivity index (χ4n) is 1.30. The van der Waals surface area contributed by atoms with Crippen molar-refractivity contribution in [1.29, 1.82) is 0 Å². The molecule has 6 nitrogen and oxygen atoms in total. The van der Waals surface area contributed by atoms with Crippen LogP contribution in [0.25, 0.3) is 0 Å². The third-order valence-corrected chi connectivity index (χ3v) is 2.15. The number of nitrogens with one attached hydrogen (secondary N) is 2. The van der Waals surface area contributed by atoms with Crippen LogP contribution in [0, 0.1) is 10.1 Å². The van der Waals surface area contributed by atoms with Gasteiger partial charge in [-0.2, -0.15) is 0 Å². The van der Waals surface area contributed by atoms with Gasteiger partial charge in [0.2, 0.25) is 5.91 Å². The monoisotopic (exact) mass is 249 g/mol. The van der Waals surface area contributed by atoms with Gasteiger partial charge in [-0.05, 0) is 25.1 Å². The number of hydrogen-bond acceptors (Lipinski definition) is 4. The Labute approximate surface area is 105 Å². The molecule has 0 aromatic heterocycles. The van der Waals surface area contributed by atoms with Crippen LogP contribution in [0.5, 0.6) is 0 Å². The van der Waals surface area contributed by atoms with Crippen molar-refractivity contribution in [2.45, 2.75) is 6.92 Å². The Kier molecular flexibility index (Phi) is 5.37. The van der Waals surface area contributed by atoms with E-state index in [4.69, 9.17) is 0 Å². The molecule has 1 rings (SSSR count). The molecule has 0 radical (unpaired) electrons. The van der Waals surface area contributed by atoms with Gasteiger partial charge in [0, 0.05) is 30.9 Å². The number of hydrogen-bond donors (Lipinski definition) is 2. The first-order valence-corrected chi connectivity index (χ1v) is 5.52. The minimum atomic E-state index is -0.443. The Morgan fingerprint density at radius 2 is 2.00 bits per heavy atom. The Balaban J connectivity index is 2.31. The molecule has 1 aromatic rings. The van der Waals surface area contributed by atoms with E-state index in [1.54, 1.807) is 25.1 Å². The second kappa shape index (κ2) is 7.05. The van der Waals surface area contributed by atoms with Gasteiger partial charge < -0.3 is 10.6 Å². The lowest BCUT2D eigenvalue weighted by Crippen LogP contribution is -2.27. The van der Waals surface area contributed by atoms with Gasteiger partial charge in [-0.3, -0.25) is 14.9 Å². The third-order valence-electron chi connectivity index (χ3n) is 2.15. The smallest absolute Gasteiger partial charge is 0.269 e. The first-order chi connectivity index (χ1) is 8.63. The molecule has 0 spiro atoms. The normalized spacial score (nSPS) is 10.3. The van der Waals surface area contributed by atoms with E-state index in [1.807, 2.05) is 0 Å². The summed E-state index contributed by atoms with van der Waals surface area (Å²) in [6.07, 6.45) is 3.12. The summed E-state index contributed by atoms with van der Waals surface area (Å²) >= 11 is 0. The first kappa shape index (κ1) is 13.7. The molecule has 0 aliphatic carbocycles. The molecule has 0 heterocycles. The number of allylic oxidation sites excluding steroid dienone is 1. The van der Waals surface area contributed by atoms with Gasteiger partial charge in [-0.15, -0.1) is 0 Å². The van der Waals surface area contributed by atoms with E-state index >= 15 is 0 Å². The van der Waals surface area contributed by atoms with Crippen LogP contribution in [0.2, 0.25) is 0 Å². The van der Waals surface area contributed by atoms with Gasteiger partial charge >= 0.3 is 0 Å². The van der Waals surface area contributed by atoms with E-state index in [1.165, 1.54) is 18.2 Å². The summed E-state index contributed by atoms with van der Waals surface area (Å²) in [6.45, 7) is 2.82. The van der Waals surface area contributed by atoms with Crippen molar-refractivity contribution in [3.05, 3.63) is 46.5 Å². The van der Waals surface area contributed by atoms with E-state index in [9.17, 15) is 14.9 Å². The summed E-state index contributed by atoms with van der Waals surface area (Å²) in [5, 5.41) is 16.2. The van der Waals surface area contributed by atoms with Crippen molar-refractivity contribution in [2.24, 2.45) is 0 Å². The van der Waals surface area contributed by atoms with Gasteiger partial charge in [-0.1, -0.05) is 6.08 Å². The second-order valence-corrected chi connectivity index (χ2v) is 3.52. The molecule has 1 amide bonds. The zero-order chi connectivity index (χ0) is 13.4. The van der Waals surface area contributed by atoms with Gasteiger partial charge in [-0.25, -0.2) is 0 Å². The molecule has 0 aliphatic rings. The third kappa shape index (κ3) is 4.65. The molecule has 0 fully saturated rings. The number of amides is 1. The number of nitro benzene ring substituents is 1. The number of benzene rings is 1. The number of rotatable bonds is 6. The highest BCUT2D eigenvalue weighted by Crippen LogP contribution is 2.14. The van der Waals surface area contributed by atoms with E-state index in [2.05, 4.69) is 10.6 Å². The van der Waals surface area contributed by atoms with E-state index in [0.29, 0.717) is 13.1 Å². The minimum Gasteiger partial charge on any atom is -0.383 e. The standard InChI is InChI=1S/C12H15N3O3/c1-2-3-12(16)14-9-8-13-10-4-6-11(7-5-10)15(17)18/h2-7,13H,8-9H2,1H3,(H,14,16)/b3-2+. The highest BCUT2D eigenvalue weighted by Gasteiger charge is 2.03. The summed E-state index contributed by atoms with van der Waals surface area (Å²) in [5.74, 6) is -0.136. The zero-order valence-corrected chi connectivity index (χ0v) is 10.1. The molecule has 18 heavy (non-hydrogen) atoms. The van der Waals surface area contributed by atoms with Gasteiger partial charge in [0.25, 0.3) is 5.69 Å². The van der Waals surface area contributed by atoms with Crippen LogP contribution < -0.4 is 10.6 Å². The molecule has 0 saturated carbocycles. The maximum Gasteiger partial charge on any atom is 0.269 e. The number of carbonyl (C=O) groups is 1. The molecule has 0 unspecified atom stereocenters. The predicted molar refractivity (Wildman–Crippen MR) is 69.4 cm³/mol. The first-order valence-electron chi connectivity index (χ1n) is 5.52. The minimum absolute atomic E-state index is 0.0573. The number of anilines is 1. The van der Waals surface area contributed by atoms with E-state index < -0.39 is 4.92 Å². The number of non-ortho nitro benzene ring substituents is 1. The predicted octanol–water partition coefficient (Wildman–Crippen LogP) is 1.70. The molecule has 96 valence electrons. The van der Waals surface area contributed by atoms with Crippen molar-refractivity contribution in [1.82, 2.24) is 5.32 Å². The Morgan fingerprint density at radius 3 is 2.56 bits per heavy atom. The van der Waals surface area contributed by atoms with Crippen LogP contribution in [-0.4, -0.2) is 23.9 Å². The van der Waals surface area contributed by atoms with Crippen LogP contribution in [0.1, 0.15) is 6.92 Å².